The van der Waals surface area contributed by atoms with Gasteiger partial charge in [-0.25, -0.2) is 13.1 Å². The molecule has 2 aromatic carbocycles. The number of benzene rings is 2. The average molecular weight is 376 g/mol. The van der Waals surface area contributed by atoms with E-state index in [1.807, 2.05) is 25.1 Å². The van der Waals surface area contributed by atoms with Crippen molar-refractivity contribution in [3.05, 3.63) is 54.1 Å². The van der Waals surface area contributed by atoms with E-state index in [9.17, 15) is 13.2 Å². The van der Waals surface area contributed by atoms with Gasteiger partial charge >= 0.3 is 0 Å². The van der Waals surface area contributed by atoms with Gasteiger partial charge in [-0.05, 0) is 49.7 Å². The van der Waals surface area contributed by atoms with E-state index in [4.69, 9.17) is 4.74 Å². The molecule has 0 spiro atoms. The molecule has 0 bridgehead atoms. The fraction of sp³-hybridized carbons (Fsp3) is 0.316. The highest BCUT2D eigenvalue weighted by atomic mass is 32.2. The maximum absolute atomic E-state index is 12.2. The lowest BCUT2D eigenvalue weighted by atomic mass is 10.1. The summed E-state index contributed by atoms with van der Waals surface area (Å²) in [7, 11) is -2.07. The minimum atomic E-state index is -3.44. The Bertz CT molecular complexity index is 833. The predicted octanol–water partition coefficient (Wildman–Crippen LogP) is 2.95. The molecule has 1 amide bonds. The first-order valence-corrected chi connectivity index (χ1v) is 9.98. The molecule has 0 unspecified atom stereocenters. The van der Waals surface area contributed by atoms with Crippen molar-refractivity contribution in [1.29, 1.82) is 0 Å². The van der Waals surface area contributed by atoms with Gasteiger partial charge in [0.05, 0.1) is 17.2 Å². The van der Waals surface area contributed by atoms with Crippen LogP contribution in [-0.2, 0) is 21.2 Å². The number of amides is 1. The van der Waals surface area contributed by atoms with E-state index in [1.165, 1.54) is 19.2 Å². The van der Waals surface area contributed by atoms with Crippen molar-refractivity contribution in [2.45, 2.75) is 31.1 Å². The summed E-state index contributed by atoms with van der Waals surface area (Å²) in [4.78, 5) is 12.4. The number of nitrogens with one attached hydrogen (secondary N) is 2. The Kier molecular flexibility index (Phi) is 7.17. The Morgan fingerprint density at radius 2 is 1.77 bits per heavy atom. The zero-order valence-electron chi connectivity index (χ0n) is 15.0. The van der Waals surface area contributed by atoms with Gasteiger partial charge in [-0.2, -0.15) is 0 Å². The molecule has 0 aliphatic rings. The normalized spacial score (nSPS) is 11.2. The minimum Gasteiger partial charge on any atom is -0.491 e. The molecule has 140 valence electrons. The van der Waals surface area contributed by atoms with Crippen molar-refractivity contribution in [3.8, 4) is 5.75 Å². The van der Waals surface area contributed by atoms with Crippen LogP contribution in [-0.4, -0.2) is 28.0 Å². The second-order valence-electron chi connectivity index (χ2n) is 5.74. The van der Waals surface area contributed by atoms with Crippen molar-refractivity contribution in [2.75, 3.05) is 19.0 Å². The molecule has 0 saturated carbocycles. The van der Waals surface area contributed by atoms with Crippen LogP contribution in [0.25, 0.3) is 0 Å². The highest BCUT2D eigenvalue weighted by Gasteiger charge is 2.11. The third kappa shape index (κ3) is 5.57. The maximum atomic E-state index is 12.2. The largest absolute Gasteiger partial charge is 0.491 e. The third-order valence-corrected chi connectivity index (χ3v) is 5.20. The molecule has 0 saturated heterocycles. The molecule has 0 aliphatic heterocycles. The lowest BCUT2D eigenvalue weighted by molar-refractivity contribution is -0.116. The molecule has 6 nitrogen and oxygen atoms in total. The quantitative estimate of drug-likeness (QED) is 0.705. The Morgan fingerprint density at radius 3 is 2.42 bits per heavy atom. The van der Waals surface area contributed by atoms with E-state index in [1.54, 1.807) is 18.2 Å². The molecule has 0 radical (unpaired) electrons. The first kappa shape index (κ1) is 19.9. The lowest BCUT2D eigenvalue weighted by Gasteiger charge is -2.12. The zero-order chi connectivity index (χ0) is 19.0. The van der Waals surface area contributed by atoms with Gasteiger partial charge in [0.25, 0.3) is 0 Å². The predicted molar refractivity (Wildman–Crippen MR) is 102 cm³/mol. The van der Waals surface area contributed by atoms with Crippen molar-refractivity contribution in [1.82, 2.24) is 4.72 Å². The topological polar surface area (TPSA) is 84.5 Å². The highest BCUT2D eigenvalue weighted by Crippen LogP contribution is 2.24. The van der Waals surface area contributed by atoms with Gasteiger partial charge in [-0.15, -0.1) is 0 Å². The number of aryl methyl sites for hydroxylation is 1. The maximum Gasteiger partial charge on any atom is 0.240 e. The van der Waals surface area contributed by atoms with E-state index in [-0.39, 0.29) is 10.8 Å². The SMILES string of the molecule is CCCOc1ccccc1NC(=O)CCc1ccc(S(=O)(=O)NC)cc1. The number of hydrogen-bond donors (Lipinski definition) is 2. The molecule has 0 fully saturated rings. The number of para-hydroxylation sites is 2. The van der Waals surface area contributed by atoms with Crippen LogP contribution in [0.5, 0.6) is 5.75 Å². The van der Waals surface area contributed by atoms with Crippen LogP contribution in [0, 0.1) is 0 Å². The van der Waals surface area contributed by atoms with E-state index >= 15 is 0 Å². The van der Waals surface area contributed by atoms with Crippen LogP contribution >= 0.6 is 0 Å². The molecule has 0 aromatic heterocycles. The molecule has 26 heavy (non-hydrogen) atoms. The number of ether oxygens (including phenoxy) is 1. The van der Waals surface area contributed by atoms with Crippen LogP contribution < -0.4 is 14.8 Å². The number of carbonyl (C=O) groups is 1. The Hall–Kier alpha value is -2.38. The van der Waals surface area contributed by atoms with Gasteiger partial charge in [-0.3, -0.25) is 4.79 Å². The first-order chi connectivity index (χ1) is 12.5. The minimum absolute atomic E-state index is 0.121. The van der Waals surface area contributed by atoms with Crippen LogP contribution in [0.2, 0.25) is 0 Å². The molecule has 7 heteroatoms. The van der Waals surface area contributed by atoms with Crippen molar-refractivity contribution in [3.63, 3.8) is 0 Å². The second-order valence-corrected chi connectivity index (χ2v) is 7.63. The van der Waals surface area contributed by atoms with Crippen LogP contribution in [0.4, 0.5) is 5.69 Å². The number of anilines is 1. The monoisotopic (exact) mass is 376 g/mol. The summed E-state index contributed by atoms with van der Waals surface area (Å²) in [5.41, 5.74) is 1.55. The molecular formula is C19H24N2O4S. The van der Waals surface area contributed by atoms with E-state index in [0.717, 1.165) is 12.0 Å². The lowest BCUT2D eigenvalue weighted by Crippen LogP contribution is -2.18. The Labute approximate surface area is 154 Å². The molecule has 2 aromatic rings. The van der Waals surface area contributed by atoms with Crippen molar-refractivity contribution < 1.29 is 17.9 Å². The van der Waals surface area contributed by atoms with Crippen molar-refractivity contribution >= 4 is 21.6 Å². The number of carbonyl (C=O) groups excluding carboxylic acids is 1. The van der Waals surface area contributed by atoms with E-state index in [2.05, 4.69) is 10.0 Å². The molecule has 0 atom stereocenters. The van der Waals surface area contributed by atoms with Crippen LogP contribution in [0.15, 0.2) is 53.4 Å². The van der Waals surface area contributed by atoms with E-state index < -0.39 is 10.0 Å². The average Bonchev–Trinajstić information content (AvgIpc) is 2.66. The van der Waals surface area contributed by atoms with Crippen LogP contribution in [0.3, 0.4) is 0 Å². The summed E-state index contributed by atoms with van der Waals surface area (Å²) in [6.07, 6.45) is 1.70. The zero-order valence-corrected chi connectivity index (χ0v) is 15.8. The molecule has 0 aliphatic carbocycles. The Morgan fingerprint density at radius 1 is 1.08 bits per heavy atom. The number of sulfonamides is 1. The smallest absolute Gasteiger partial charge is 0.240 e. The summed E-state index contributed by atoms with van der Waals surface area (Å²) in [6.45, 7) is 2.61. The fourth-order valence-electron chi connectivity index (χ4n) is 2.33. The van der Waals surface area contributed by atoms with Crippen LogP contribution in [0.1, 0.15) is 25.3 Å². The first-order valence-electron chi connectivity index (χ1n) is 8.50. The van der Waals surface area contributed by atoms with E-state index in [0.29, 0.717) is 30.9 Å². The van der Waals surface area contributed by atoms with Crippen molar-refractivity contribution in [2.24, 2.45) is 0 Å². The summed E-state index contributed by atoms with van der Waals surface area (Å²) in [5.74, 6) is 0.536. The van der Waals surface area contributed by atoms with Gasteiger partial charge in [-0.1, -0.05) is 31.2 Å². The summed E-state index contributed by atoms with van der Waals surface area (Å²) in [6, 6.07) is 13.8. The molecule has 0 heterocycles. The highest BCUT2D eigenvalue weighted by molar-refractivity contribution is 7.89. The van der Waals surface area contributed by atoms with Gasteiger partial charge in [0.2, 0.25) is 15.9 Å². The summed E-state index contributed by atoms with van der Waals surface area (Å²) >= 11 is 0. The summed E-state index contributed by atoms with van der Waals surface area (Å²) in [5, 5.41) is 2.86. The standard InChI is InChI=1S/C19H24N2O4S/c1-3-14-25-18-7-5-4-6-17(18)21-19(22)13-10-15-8-11-16(12-9-15)26(23,24)20-2/h4-9,11-12,20H,3,10,13-14H2,1-2H3,(H,21,22). The fourth-order valence-corrected chi connectivity index (χ4v) is 3.06. The molecule has 2 rings (SSSR count). The number of rotatable bonds is 9. The third-order valence-electron chi connectivity index (χ3n) is 3.77. The van der Waals surface area contributed by atoms with Gasteiger partial charge in [0.15, 0.2) is 0 Å². The second kappa shape index (κ2) is 9.35. The Balaban J connectivity index is 1.93. The molecular weight excluding hydrogens is 352 g/mol. The van der Waals surface area contributed by atoms with Gasteiger partial charge in [0, 0.05) is 6.42 Å². The summed E-state index contributed by atoms with van der Waals surface area (Å²) < 4.78 is 31.3. The van der Waals surface area contributed by atoms with Gasteiger partial charge in [0.1, 0.15) is 5.75 Å². The number of hydrogen-bond acceptors (Lipinski definition) is 4. The molecule has 2 N–H and O–H groups in total. The van der Waals surface area contributed by atoms with Gasteiger partial charge < -0.3 is 10.1 Å².